The summed E-state index contributed by atoms with van der Waals surface area (Å²) in [6, 6.07) is 17.4. The van der Waals surface area contributed by atoms with Crippen molar-refractivity contribution in [3.63, 3.8) is 0 Å². The van der Waals surface area contributed by atoms with Gasteiger partial charge >= 0.3 is 0 Å². The summed E-state index contributed by atoms with van der Waals surface area (Å²) >= 11 is 6.13. The smallest absolute Gasteiger partial charge is 0.296 e. The number of nitrogens with one attached hydrogen (secondary N) is 2. The van der Waals surface area contributed by atoms with E-state index < -0.39 is 67.9 Å². The number of phenolic OH excluding ortho intramolecular Hbond substituents is 1. The van der Waals surface area contributed by atoms with Crippen LogP contribution in [0.25, 0.3) is 10.8 Å². The summed E-state index contributed by atoms with van der Waals surface area (Å²) in [5.41, 5.74) is 6.47. The molecule has 5 aromatic carbocycles. The number of phenols is 1. The van der Waals surface area contributed by atoms with E-state index in [1.165, 1.54) is 25.1 Å². The largest absolute Gasteiger partial charge is 0.505 e. The highest BCUT2D eigenvalue weighted by atomic mass is 35.5. The molecular weight excluding hydrogens is 828 g/mol. The molecule has 0 aliphatic heterocycles. The zero-order valence-corrected chi connectivity index (χ0v) is 32.3. The van der Waals surface area contributed by atoms with Crippen LogP contribution in [0.5, 0.6) is 5.75 Å². The van der Waals surface area contributed by atoms with Gasteiger partial charge in [-0.1, -0.05) is 12.1 Å². The predicted octanol–water partition coefficient (Wildman–Crippen LogP) is 7.64. The monoisotopic (exact) mass is 854 g/mol. The van der Waals surface area contributed by atoms with Crippen LogP contribution < -0.4 is 16.4 Å². The maximum absolute atomic E-state index is 12.4. The molecule has 0 fully saturated rings. The Balaban J connectivity index is 1.39. The minimum Gasteiger partial charge on any atom is -0.505 e. The third kappa shape index (κ3) is 9.26. The standard InChI is InChI=1S/C33H27ClN10O10S3/c1-16-4-3-5-20(12-16)36-32-38-31(34)39-33(40-32)37-21-8-11-24(56(49,50)51)23(15-21)42-43-28-17(2)13-18-14-25(57(52,53)54)29(27(35)26(18)30(28)45)44-41-19-6-9-22(10-7-19)55(46,47)48/h3-15,45H,35H2,1-2H3,(H,46,47,48)(H,49,50,51)(H,52,53,54)(H2,36,37,38,39,40). The van der Waals surface area contributed by atoms with E-state index in [-0.39, 0.29) is 50.6 Å². The fraction of sp³-hybridized carbons (Fsp3) is 0.0606. The second-order valence-electron chi connectivity index (χ2n) is 12.0. The summed E-state index contributed by atoms with van der Waals surface area (Å²) in [6.45, 7) is 3.35. The summed E-state index contributed by atoms with van der Waals surface area (Å²) < 4.78 is 101. The molecular formula is C33H27ClN10O10S3. The number of fused-ring (bicyclic) bond motifs is 1. The van der Waals surface area contributed by atoms with Crippen molar-refractivity contribution in [3.8, 4) is 5.75 Å². The zero-order chi connectivity index (χ0) is 41.4. The van der Waals surface area contributed by atoms with Gasteiger partial charge in [-0.15, -0.1) is 15.3 Å². The van der Waals surface area contributed by atoms with Gasteiger partial charge in [0.25, 0.3) is 30.4 Å². The van der Waals surface area contributed by atoms with Crippen LogP contribution in [0.15, 0.2) is 114 Å². The summed E-state index contributed by atoms with van der Waals surface area (Å²) in [5.74, 6) is -0.640. The van der Waals surface area contributed by atoms with E-state index in [1.54, 1.807) is 6.07 Å². The first-order valence-electron chi connectivity index (χ1n) is 15.8. The van der Waals surface area contributed by atoms with Gasteiger partial charge in [0.2, 0.25) is 17.2 Å². The van der Waals surface area contributed by atoms with Crippen LogP contribution in [-0.4, -0.2) is 59.0 Å². The molecule has 6 rings (SSSR count). The number of halogens is 1. The number of aromatic nitrogens is 3. The number of hydrogen-bond donors (Lipinski definition) is 7. The van der Waals surface area contributed by atoms with Crippen LogP contribution in [-0.2, 0) is 30.4 Å². The molecule has 0 aliphatic carbocycles. The number of anilines is 5. The minimum atomic E-state index is -5.01. The van der Waals surface area contributed by atoms with Crippen LogP contribution in [0.4, 0.5) is 51.7 Å². The van der Waals surface area contributed by atoms with Crippen molar-refractivity contribution < 1.29 is 44.0 Å². The average molecular weight is 855 g/mol. The maximum atomic E-state index is 12.4. The number of benzene rings is 5. The van der Waals surface area contributed by atoms with Gasteiger partial charge in [0.15, 0.2) is 5.75 Å². The third-order valence-electron chi connectivity index (χ3n) is 7.85. The van der Waals surface area contributed by atoms with Crippen LogP contribution in [0.1, 0.15) is 11.1 Å². The second-order valence-corrected chi connectivity index (χ2v) is 16.5. The number of azo groups is 2. The van der Waals surface area contributed by atoms with E-state index in [9.17, 15) is 44.0 Å². The molecule has 6 aromatic rings. The lowest BCUT2D eigenvalue weighted by Gasteiger charge is -2.14. The molecule has 0 saturated heterocycles. The Morgan fingerprint density at radius 1 is 0.667 bits per heavy atom. The molecule has 0 saturated carbocycles. The molecule has 1 aromatic heterocycles. The summed E-state index contributed by atoms with van der Waals surface area (Å²) in [7, 11) is -14.4. The van der Waals surface area contributed by atoms with Crippen LogP contribution in [0, 0.1) is 13.8 Å². The van der Waals surface area contributed by atoms with Gasteiger partial charge in [-0.2, -0.15) is 45.3 Å². The van der Waals surface area contributed by atoms with E-state index in [0.717, 1.165) is 42.0 Å². The molecule has 20 nitrogen and oxygen atoms in total. The summed E-state index contributed by atoms with van der Waals surface area (Å²) in [5, 5.41) is 32.6. The molecule has 57 heavy (non-hydrogen) atoms. The van der Waals surface area contributed by atoms with Gasteiger partial charge in [-0.05, 0) is 109 Å². The Morgan fingerprint density at radius 2 is 1.28 bits per heavy atom. The van der Waals surface area contributed by atoms with Crippen molar-refractivity contribution in [2.24, 2.45) is 20.5 Å². The van der Waals surface area contributed by atoms with Crippen molar-refractivity contribution in [2.75, 3.05) is 16.4 Å². The van der Waals surface area contributed by atoms with Crippen LogP contribution in [0.2, 0.25) is 5.28 Å². The van der Waals surface area contributed by atoms with Gasteiger partial charge < -0.3 is 21.5 Å². The number of aryl methyl sites for hydroxylation is 2. The van der Waals surface area contributed by atoms with Crippen molar-refractivity contribution in [2.45, 2.75) is 28.5 Å². The highest BCUT2D eigenvalue weighted by molar-refractivity contribution is 7.86. The minimum absolute atomic E-state index is 0.00243. The fourth-order valence-electron chi connectivity index (χ4n) is 5.33. The Bertz CT molecular complexity index is 3010. The molecule has 0 radical (unpaired) electrons. The van der Waals surface area contributed by atoms with Crippen LogP contribution >= 0.6 is 11.6 Å². The van der Waals surface area contributed by atoms with Gasteiger partial charge in [0, 0.05) is 11.4 Å². The molecule has 0 amide bonds. The third-order valence-corrected chi connectivity index (χ3v) is 10.7. The Hall–Kier alpha value is -6.21. The molecule has 24 heteroatoms. The summed E-state index contributed by atoms with van der Waals surface area (Å²) in [4.78, 5) is 10.5. The van der Waals surface area contributed by atoms with Gasteiger partial charge in [-0.25, -0.2) is 0 Å². The second kappa shape index (κ2) is 15.4. The van der Waals surface area contributed by atoms with Crippen molar-refractivity contribution in [3.05, 3.63) is 95.3 Å². The van der Waals surface area contributed by atoms with E-state index >= 15 is 0 Å². The first-order chi connectivity index (χ1) is 26.7. The lowest BCUT2D eigenvalue weighted by molar-refractivity contribution is 0.480. The van der Waals surface area contributed by atoms with Crippen molar-refractivity contribution >= 4 is 104 Å². The van der Waals surface area contributed by atoms with E-state index in [1.807, 2.05) is 25.1 Å². The van der Waals surface area contributed by atoms with Crippen LogP contribution in [0.3, 0.4) is 0 Å². The number of hydrogen-bond acceptors (Lipinski definition) is 17. The quantitative estimate of drug-likeness (QED) is 0.0374. The first kappa shape index (κ1) is 40.5. The lowest BCUT2D eigenvalue weighted by atomic mass is 10.0. The number of rotatable bonds is 11. The van der Waals surface area contributed by atoms with E-state index in [0.29, 0.717) is 5.69 Å². The lowest BCUT2D eigenvalue weighted by Crippen LogP contribution is -2.04. The fourth-order valence-corrected chi connectivity index (χ4v) is 7.25. The average Bonchev–Trinajstić information content (AvgIpc) is 3.09. The SMILES string of the molecule is Cc1cccc(Nc2nc(Cl)nc(Nc3ccc(S(=O)(=O)O)c(N=Nc4c(C)cc5cc(S(=O)(=O)O)c(N=Nc6ccc(S(=O)(=O)O)cc6)c(N)c5c4O)c3)n2)c1. The molecule has 8 N–H and O–H groups in total. The Labute approximate surface area is 328 Å². The molecule has 0 atom stereocenters. The van der Waals surface area contributed by atoms with Gasteiger partial charge in [0.05, 0.1) is 21.7 Å². The molecule has 0 spiro atoms. The Kier molecular flexibility index (Phi) is 10.9. The number of aromatic hydroxyl groups is 1. The number of nitrogens with two attached hydrogens (primary N) is 1. The number of nitrogens with zero attached hydrogens (tertiary/aromatic N) is 7. The molecule has 294 valence electrons. The molecule has 0 bridgehead atoms. The van der Waals surface area contributed by atoms with E-state index in [2.05, 4.69) is 46.0 Å². The zero-order valence-electron chi connectivity index (χ0n) is 29.1. The maximum Gasteiger partial charge on any atom is 0.296 e. The molecule has 1 heterocycles. The van der Waals surface area contributed by atoms with E-state index in [4.69, 9.17) is 17.3 Å². The highest BCUT2D eigenvalue weighted by Gasteiger charge is 2.25. The topological polar surface area (TPSA) is 322 Å². The Morgan fingerprint density at radius 3 is 1.88 bits per heavy atom. The highest BCUT2D eigenvalue weighted by Crippen LogP contribution is 2.47. The van der Waals surface area contributed by atoms with Crippen molar-refractivity contribution in [1.82, 2.24) is 15.0 Å². The first-order valence-corrected chi connectivity index (χ1v) is 20.5. The van der Waals surface area contributed by atoms with Gasteiger partial charge in [0.1, 0.15) is 26.9 Å². The normalized spacial score (nSPS) is 12.5. The summed E-state index contributed by atoms with van der Waals surface area (Å²) in [6.07, 6.45) is 0. The number of nitrogen functional groups attached to an aromatic ring is 1. The van der Waals surface area contributed by atoms with Gasteiger partial charge in [-0.3, -0.25) is 13.7 Å². The van der Waals surface area contributed by atoms with Crippen molar-refractivity contribution in [1.29, 1.82) is 0 Å². The molecule has 0 aliphatic rings. The molecule has 0 unspecified atom stereocenters. The predicted molar refractivity (Wildman–Crippen MR) is 208 cm³/mol.